The first-order chi connectivity index (χ1) is 9.61. The van der Waals surface area contributed by atoms with E-state index in [2.05, 4.69) is 25.8 Å². The predicted octanol–water partition coefficient (Wildman–Crippen LogP) is 0.258. The molecule has 2 aromatic rings. The van der Waals surface area contributed by atoms with E-state index in [1.165, 1.54) is 11.3 Å². The van der Waals surface area contributed by atoms with Crippen LogP contribution in [0.15, 0.2) is 6.33 Å². The van der Waals surface area contributed by atoms with Gasteiger partial charge in [-0.15, -0.1) is 10.2 Å². The first-order valence-electron chi connectivity index (χ1n) is 6.23. The van der Waals surface area contributed by atoms with Gasteiger partial charge in [0.25, 0.3) is 5.91 Å². The summed E-state index contributed by atoms with van der Waals surface area (Å²) < 4.78 is 1.82. The van der Waals surface area contributed by atoms with Crippen molar-refractivity contribution in [3.8, 4) is 0 Å². The average Bonchev–Trinajstić information content (AvgIpc) is 2.97. The molecule has 2 rings (SSSR count). The summed E-state index contributed by atoms with van der Waals surface area (Å²) in [6, 6.07) is 0. The molecule has 0 aliphatic heterocycles. The maximum atomic E-state index is 12.0. The van der Waals surface area contributed by atoms with Crippen molar-refractivity contribution in [2.24, 2.45) is 7.05 Å². The summed E-state index contributed by atoms with van der Waals surface area (Å²) in [5.41, 5.74) is 5.74. The second-order valence-electron chi connectivity index (χ2n) is 4.13. The molecule has 0 aliphatic rings. The number of nitrogens with one attached hydrogen (secondary N) is 2. The number of hydrogen-bond donors (Lipinski definition) is 3. The third kappa shape index (κ3) is 3.23. The number of nitrogen functional groups attached to an aromatic ring is 1. The molecular formula is C11H17N7OS. The highest BCUT2D eigenvalue weighted by atomic mass is 32.1. The fourth-order valence-electron chi connectivity index (χ4n) is 1.62. The number of anilines is 2. The first kappa shape index (κ1) is 14.3. The molecule has 9 heteroatoms. The van der Waals surface area contributed by atoms with Crippen molar-refractivity contribution in [1.82, 2.24) is 25.1 Å². The highest BCUT2D eigenvalue weighted by Gasteiger charge is 2.15. The lowest BCUT2D eigenvalue weighted by molar-refractivity contribution is 0.0958. The number of amides is 1. The number of rotatable bonds is 6. The van der Waals surface area contributed by atoms with E-state index < -0.39 is 0 Å². The van der Waals surface area contributed by atoms with Crippen LogP contribution in [0.3, 0.4) is 0 Å². The molecule has 0 spiro atoms. The summed E-state index contributed by atoms with van der Waals surface area (Å²) in [6.07, 6.45) is 2.24. The van der Waals surface area contributed by atoms with Crippen molar-refractivity contribution in [1.29, 1.82) is 0 Å². The van der Waals surface area contributed by atoms with Crippen molar-refractivity contribution in [2.75, 3.05) is 24.1 Å². The van der Waals surface area contributed by atoms with E-state index in [1.807, 2.05) is 18.5 Å². The topological polar surface area (TPSA) is 111 Å². The quantitative estimate of drug-likeness (QED) is 0.705. The average molecular weight is 295 g/mol. The lowest BCUT2D eigenvalue weighted by atomic mass is 10.4. The number of carbonyl (C=O) groups is 1. The van der Waals surface area contributed by atoms with Gasteiger partial charge >= 0.3 is 0 Å². The number of carbonyl (C=O) groups excluding carboxylic acids is 1. The van der Waals surface area contributed by atoms with Crippen molar-refractivity contribution < 1.29 is 4.79 Å². The molecule has 0 saturated carbocycles. The molecule has 8 nitrogen and oxygen atoms in total. The van der Waals surface area contributed by atoms with E-state index >= 15 is 0 Å². The Morgan fingerprint density at radius 1 is 1.55 bits per heavy atom. The molecule has 0 fully saturated rings. The molecule has 0 atom stereocenters. The monoisotopic (exact) mass is 295 g/mol. The van der Waals surface area contributed by atoms with Crippen LogP contribution >= 0.6 is 11.3 Å². The van der Waals surface area contributed by atoms with Crippen LogP contribution < -0.4 is 16.4 Å². The van der Waals surface area contributed by atoms with Crippen LogP contribution in [-0.4, -0.2) is 38.7 Å². The highest BCUT2D eigenvalue weighted by molar-refractivity contribution is 7.18. The van der Waals surface area contributed by atoms with E-state index in [4.69, 9.17) is 5.73 Å². The summed E-state index contributed by atoms with van der Waals surface area (Å²) in [5.74, 6) is 0.851. The number of aryl methyl sites for hydroxylation is 1. The maximum Gasteiger partial charge on any atom is 0.265 e. The van der Waals surface area contributed by atoms with Crippen molar-refractivity contribution in [3.63, 3.8) is 0 Å². The second kappa shape index (κ2) is 6.33. The Morgan fingerprint density at radius 3 is 3.00 bits per heavy atom. The Morgan fingerprint density at radius 2 is 2.35 bits per heavy atom. The lowest BCUT2D eigenvalue weighted by Gasteiger charge is -2.03. The Kier molecular flexibility index (Phi) is 4.51. The van der Waals surface area contributed by atoms with E-state index in [0.717, 1.165) is 12.4 Å². The Hall–Kier alpha value is -2.16. The van der Waals surface area contributed by atoms with Gasteiger partial charge in [0, 0.05) is 26.6 Å². The van der Waals surface area contributed by atoms with Gasteiger partial charge in [-0.1, -0.05) is 11.3 Å². The van der Waals surface area contributed by atoms with Crippen LogP contribution in [0.2, 0.25) is 0 Å². The molecule has 20 heavy (non-hydrogen) atoms. The smallest absolute Gasteiger partial charge is 0.265 e. The van der Waals surface area contributed by atoms with E-state index in [9.17, 15) is 4.79 Å². The zero-order valence-electron chi connectivity index (χ0n) is 11.4. The van der Waals surface area contributed by atoms with Crippen LogP contribution in [0.4, 0.5) is 10.9 Å². The number of nitrogens with zero attached hydrogens (tertiary/aromatic N) is 4. The van der Waals surface area contributed by atoms with Gasteiger partial charge in [-0.05, 0) is 6.92 Å². The lowest BCUT2D eigenvalue weighted by Crippen LogP contribution is -2.26. The van der Waals surface area contributed by atoms with Gasteiger partial charge < -0.3 is 20.9 Å². The van der Waals surface area contributed by atoms with E-state index in [0.29, 0.717) is 23.0 Å². The summed E-state index contributed by atoms with van der Waals surface area (Å²) in [7, 11) is 1.86. The van der Waals surface area contributed by atoms with E-state index in [-0.39, 0.29) is 11.7 Å². The van der Waals surface area contributed by atoms with Crippen LogP contribution in [0.1, 0.15) is 22.4 Å². The third-order valence-corrected chi connectivity index (χ3v) is 3.65. The normalized spacial score (nSPS) is 10.5. The molecule has 1 amide bonds. The Bertz CT molecular complexity index is 591. The van der Waals surface area contributed by atoms with Crippen molar-refractivity contribution >= 4 is 28.2 Å². The minimum Gasteiger partial charge on any atom is -0.382 e. The summed E-state index contributed by atoms with van der Waals surface area (Å²) in [4.78, 5) is 16.5. The zero-order chi connectivity index (χ0) is 14.5. The van der Waals surface area contributed by atoms with Crippen LogP contribution in [0, 0.1) is 0 Å². The predicted molar refractivity (Wildman–Crippen MR) is 77.7 cm³/mol. The number of nitrogens with two attached hydrogens (primary N) is 1. The highest BCUT2D eigenvalue weighted by Crippen LogP contribution is 2.24. The largest absolute Gasteiger partial charge is 0.382 e. The van der Waals surface area contributed by atoms with Gasteiger partial charge in [-0.25, -0.2) is 4.98 Å². The molecular weight excluding hydrogens is 278 g/mol. The zero-order valence-corrected chi connectivity index (χ0v) is 12.2. The van der Waals surface area contributed by atoms with Gasteiger partial charge in [-0.3, -0.25) is 4.79 Å². The molecule has 0 aliphatic carbocycles. The fraction of sp³-hybridized carbons (Fsp3) is 0.455. The van der Waals surface area contributed by atoms with E-state index in [1.54, 1.807) is 6.33 Å². The van der Waals surface area contributed by atoms with Gasteiger partial charge in [0.2, 0.25) is 0 Å². The van der Waals surface area contributed by atoms with Gasteiger partial charge in [0.15, 0.2) is 5.13 Å². The van der Waals surface area contributed by atoms with Crippen LogP contribution in [0.25, 0.3) is 0 Å². The number of hydrogen-bond acceptors (Lipinski definition) is 7. The Labute approximate surface area is 120 Å². The van der Waals surface area contributed by atoms with Crippen LogP contribution in [-0.2, 0) is 13.5 Å². The number of thiazole rings is 1. The van der Waals surface area contributed by atoms with Crippen molar-refractivity contribution in [3.05, 3.63) is 17.0 Å². The molecule has 0 saturated heterocycles. The SMILES string of the molecule is CCNc1nc(N)c(C(=O)NCCc2nncn2C)s1. The summed E-state index contributed by atoms with van der Waals surface area (Å²) in [6.45, 7) is 3.16. The molecule has 108 valence electrons. The maximum absolute atomic E-state index is 12.0. The van der Waals surface area contributed by atoms with Crippen molar-refractivity contribution in [2.45, 2.75) is 13.3 Å². The first-order valence-corrected chi connectivity index (χ1v) is 7.04. The number of aromatic nitrogens is 4. The van der Waals surface area contributed by atoms with Gasteiger partial charge in [0.05, 0.1) is 0 Å². The van der Waals surface area contributed by atoms with Gasteiger partial charge in [-0.2, -0.15) is 0 Å². The molecule has 2 aromatic heterocycles. The molecule has 0 unspecified atom stereocenters. The Balaban J connectivity index is 1.90. The summed E-state index contributed by atoms with van der Waals surface area (Å²) >= 11 is 1.25. The molecule has 0 aromatic carbocycles. The third-order valence-electron chi connectivity index (χ3n) is 2.63. The molecule has 2 heterocycles. The van der Waals surface area contributed by atoms with Gasteiger partial charge in [0.1, 0.15) is 22.8 Å². The molecule has 4 N–H and O–H groups in total. The second-order valence-corrected chi connectivity index (χ2v) is 5.13. The minimum atomic E-state index is -0.216. The minimum absolute atomic E-state index is 0.216. The fourth-order valence-corrected chi connectivity index (χ4v) is 2.49. The summed E-state index contributed by atoms with van der Waals surface area (Å²) in [5, 5.41) is 14.2. The van der Waals surface area contributed by atoms with Crippen LogP contribution in [0.5, 0.6) is 0 Å². The standard InChI is InChI=1S/C11H17N7OS/c1-3-13-11-16-9(12)8(20-11)10(19)14-5-4-7-17-15-6-18(7)2/h6H,3-5,12H2,1-2H3,(H,13,16)(H,14,19). The molecule has 0 radical (unpaired) electrons. The molecule has 0 bridgehead atoms.